The van der Waals surface area contributed by atoms with Crippen LogP contribution in [0, 0.1) is 11.8 Å². The third-order valence-corrected chi connectivity index (χ3v) is 5.66. The van der Waals surface area contributed by atoms with E-state index in [2.05, 4.69) is 11.8 Å². The second-order valence-electron chi connectivity index (χ2n) is 7.46. The lowest BCUT2D eigenvalue weighted by Crippen LogP contribution is -2.71. The lowest BCUT2D eigenvalue weighted by Gasteiger charge is -2.47. The Morgan fingerprint density at radius 2 is 1.34 bits per heavy atom. The minimum atomic E-state index is -0.985. The molecule has 156 valence electrons. The molecule has 0 bridgehead atoms. The Balaban J connectivity index is 1.53. The van der Waals surface area contributed by atoms with Crippen LogP contribution >= 0.6 is 0 Å². The summed E-state index contributed by atoms with van der Waals surface area (Å²) in [5.41, 5.74) is 2.02. The van der Waals surface area contributed by atoms with E-state index >= 15 is 0 Å². The average molecular weight is 422 g/mol. The number of benzene rings is 3. The molecular formula is C26H18N2O4. The van der Waals surface area contributed by atoms with Crippen molar-refractivity contribution in [3.8, 4) is 17.6 Å². The van der Waals surface area contributed by atoms with E-state index in [1.54, 1.807) is 55.6 Å². The van der Waals surface area contributed by atoms with Gasteiger partial charge in [0.1, 0.15) is 11.8 Å². The smallest absolute Gasteiger partial charge is 0.262 e. The molecule has 0 N–H and O–H groups in total. The van der Waals surface area contributed by atoms with Crippen LogP contribution in [-0.4, -0.2) is 41.8 Å². The highest BCUT2D eigenvalue weighted by atomic mass is 16.5. The topological polar surface area (TPSA) is 66.9 Å². The maximum atomic E-state index is 13.2. The Hall–Kier alpha value is -4.37. The third kappa shape index (κ3) is 3.03. The monoisotopic (exact) mass is 422 g/mol. The molecular weight excluding hydrogens is 404 g/mol. The van der Waals surface area contributed by atoms with Gasteiger partial charge in [-0.1, -0.05) is 42.2 Å². The van der Waals surface area contributed by atoms with Crippen molar-refractivity contribution in [1.82, 2.24) is 4.90 Å². The van der Waals surface area contributed by atoms with E-state index in [0.717, 1.165) is 10.5 Å². The number of β-lactam (4-membered cyclic amide) rings is 1. The van der Waals surface area contributed by atoms with Gasteiger partial charge in [-0.05, 0) is 48.5 Å². The molecule has 0 aromatic heterocycles. The zero-order valence-corrected chi connectivity index (χ0v) is 17.2. The molecule has 5 rings (SSSR count). The summed E-state index contributed by atoms with van der Waals surface area (Å²) in [6.07, 6.45) is 0. The zero-order valence-electron chi connectivity index (χ0n) is 17.2. The predicted molar refractivity (Wildman–Crippen MR) is 118 cm³/mol. The van der Waals surface area contributed by atoms with E-state index in [1.807, 2.05) is 30.3 Å². The average Bonchev–Trinajstić information content (AvgIpc) is 3.08. The van der Waals surface area contributed by atoms with Gasteiger partial charge in [-0.3, -0.25) is 24.2 Å². The maximum Gasteiger partial charge on any atom is 0.262 e. The highest BCUT2D eigenvalue weighted by Gasteiger charge is 2.56. The quantitative estimate of drug-likeness (QED) is 0.370. The van der Waals surface area contributed by atoms with Crippen molar-refractivity contribution < 1.29 is 19.1 Å². The molecule has 3 aromatic carbocycles. The second-order valence-corrected chi connectivity index (χ2v) is 7.46. The van der Waals surface area contributed by atoms with Crippen LogP contribution in [0.2, 0.25) is 0 Å². The summed E-state index contributed by atoms with van der Waals surface area (Å²) < 4.78 is 5.20. The molecule has 1 fully saturated rings. The second kappa shape index (κ2) is 7.71. The van der Waals surface area contributed by atoms with Gasteiger partial charge in [0.05, 0.1) is 18.2 Å². The van der Waals surface area contributed by atoms with Crippen LogP contribution in [0.3, 0.4) is 0 Å². The first-order chi connectivity index (χ1) is 15.6. The number of amides is 3. The van der Waals surface area contributed by atoms with E-state index in [4.69, 9.17) is 4.74 Å². The SMILES string of the molecule is COc1ccc(N2C(=O)[C@H](N3C(=O)c4ccccc4C3=O)[C@@H]2C#Cc2ccccc2)cc1. The number of fused-ring (bicyclic) bond motifs is 1. The number of imide groups is 1. The lowest BCUT2D eigenvalue weighted by molar-refractivity contribution is -0.128. The molecule has 0 unspecified atom stereocenters. The van der Waals surface area contributed by atoms with Crippen molar-refractivity contribution in [2.75, 3.05) is 12.0 Å². The number of carbonyl (C=O) groups is 3. The first-order valence-electron chi connectivity index (χ1n) is 10.1. The summed E-state index contributed by atoms with van der Waals surface area (Å²) in [5.74, 6) is 5.56. The fraction of sp³-hybridized carbons (Fsp3) is 0.115. The molecule has 0 spiro atoms. The summed E-state index contributed by atoms with van der Waals surface area (Å²) >= 11 is 0. The van der Waals surface area contributed by atoms with Gasteiger partial charge in [-0.25, -0.2) is 0 Å². The fourth-order valence-electron chi connectivity index (χ4n) is 4.04. The van der Waals surface area contributed by atoms with E-state index in [-0.39, 0.29) is 5.91 Å². The Morgan fingerprint density at radius 3 is 1.94 bits per heavy atom. The zero-order chi connectivity index (χ0) is 22.2. The van der Waals surface area contributed by atoms with Gasteiger partial charge >= 0.3 is 0 Å². The van der Waals surface area contributed by atoms with Crippen LogP contribution in [0.4, 0.5) is 5.69 Å². The van der Waals surface area contributed by atoms with Gasteiger partial charge < -0.3 is 4.74 Å². The van der Waals surface area contributed by atoms with Gasteiger partial charge in [0.25, 0.3) is 17.7 Å². The van der Waals surface area contributed by atoms with Crippen LogP contribution < -0.4 is 9.64 Å². The van der Waals surface area contributed by atoms with Gasteiger partial charge in [0.15, 0.2) is 6.04 Å². The van der Waals surface area contributed by atoms with E-state index < -0.39 is 23.9 Å². The highest BCUT2D eigenvalue weighted by Crippen LogP contribution is 2.36. The molecule has 6 heteroatoms. The maximum absolute atomic E-state index is 13.2. The van der Waals surface area contributed by atoms with Crippen molar-refractivity contribution >= 4 is 23.4 Å². The van der Waals surface area contributed by atoms with Crippen LogP contribution in [0.15, 0.2) is 78.9 Å². The largest absolute Gasteiger partial charge is 0.497 e. The molecule has 0 saturated carbocycles. The van der Waals surface area contributed by atoms with Crippen LogP contribution in [0.25, 0.3) is 0 Å². The van der Waals surface area contributed by atoms with Gasteiger partial charge in [0, 0.05) is 11.3 Å². The van der Waals surface area contributed by atoms with Gasteiger partial charge in [-0.2, -0.15) is 0 Å². The number of rotatable bonds is 3. The number of hydrogen-bond donors (Lipinski definition) is 0. The number of ether oxygens (including phenoxy) is 1. The summed E-state index contributed by atoms with van der Waals surface area (Å²) in [7, 11) is 1.57. The standard InChI is InChI=1S/C26H18N2O4/c1-32-19-14-12-18(13-15-19)27-22(16-11-17-7-3-2-4-8-17)23(26(27)31)28-24(29)20-9-5-6-10-21(20)25(28)30/h2-10,12-15,22-23H,1H3/t22-,23+/m0/s1. The van der Waals surface area contributed by atoms with Crippen molar-refractivity contribution in [3.63, 3.8) is 0 Å². The first-order valence-corrected chi connectivity index (χ1v) is 10.1. The Kier molecular flexibility index (Phi) is 4.72. The molecule has 2 aliphatic rings. The Bertz CT molecular complexity index is 1250. The number of nitrogens with zero attached hydrogens (tertiary/aromatic N) is 2. The molecule has 3 aromatic rings. The van der Waals surface area contributed by atoms with E-state index in [9.17, 15) is 14.4 Å². The van der Waals surface area contributed by atoms with Gasteiger partial charge in [-0.15, -0.1) is 0 Å². The number of carbonyl (C=O) groups excluding carboxylic acids is 3. The highest BCUT2D eigenvalue weighted by molar-refractivity contribution is 6.25. The molecule has 2 heterocycles. The Morgan fingerprint density at radius 1 is 0.750 bits per heavy atom. The summed E-state index contributed by atoms with van der Waals surface area (Å²) in [4.78, 5) is 41.8. The van der Waals surface area contributed by atoms with Crippen LogP contribution in [-0.2, 0) is 4.79 Å². The lowest BCUT2D eigenvalue weighted by atomic mass is 9.92. The van der Waals surface area contributed by atoms with Crippen molar-refractivity contribution in [2.24, 2.45) is 0 Å². The summed E-state index contributed by atoms with van der Waals surface area (Å²) in [6.45, 7) is 0. The normalized spacial score (nSPS) is 19.2. The first kappa shape index (κ1) is 19.6. The number of hydrogen-bond acceptors (Lipinski definition) is 4. The van der Waals surface area contributed by atoms with Gasteiger partial charge in [0.2, 0.25) is 0 Å². The molecule has 3 amide bonds. The molecule has 1 saturated heterocycles. The van der Waals surface area contributed by atoms with Crippen LogP contribution in [0.1, 0.15) is 26.3 Å². The van der Waals surface area contributed by atoms with Crippen LogP contribution in [0.5, 0.6) is 5.75 Å². The van der Waals surface area contributed by atoms with E-state index in [0.29, 0.717) is 22.6 Å². The van der Waals surface area contributed by atoms with E-state index in [1.165, 1.54) is 4.90 Å². The predicted octanol–water partition coefficient (Wildman–Crippen LogP) is 3.13. The van der Waals surface area contributed by atoms with Crippen molar-refractivity contribution in [1.29, 1.82) is 0 Å². The van der Waals surface area contributed by atoms with Crippen molar-refractivity contribution in [2.45, 2.75) is 12.1 Å². The fourth-order valence-corrected chi connectivity index (χ4v) is 4.04. The minimum absolute atomic E-state index is 0.308. The third-order valence-electron chi connectivity index (χ3n) is 5.66. The summed E-state index contributed by atoms with van der Waals surface area (Å²) in [5, 5.41) is 0. The number of anilines is 1. The molecule has 32 heavy (non-hydrogen) atoms. The number of methoxy groups -OCH3 is 1. The summed E-state index contributed by atoms with van der Waals surface area (Å²) in [6, 6.07) is 21.3. The Labute approximate surface area is 185 Å². The molecule has 0 radical (unpaired) electrons. The molecule has 0 aliphatic carbocycles. The molecule has 2 aliphatic heterocycles. The van der Waals surface area contributed by atoms with Crippen molar-refractivity contribution in [3.05, 3.63) is 95.6 Å². The molecule has 2 atom stereocenters. The molecule has 6 nitrogen and oxygen atoms in total. The minimum Gasteiger partial charge on any atom is -0.497 e.